The summed E-state index contributed by atoms with van der Waals surface area (Å²) in [4.78, 5) is 0. The molecule has 0 N–H and O–H groups in total. The van der Waals surface area contributed by atoms with Gasteiger partial charge in [0.2, 0.25) is 0 Å². The molecular weight excluding hydrogens is 339 g/mol. The largest absolute Gasteiger partial charge is 0.460 e. The van der Waals surface area contributed by atoms with Crippen LogP contribution in [0.2, 0.25) is 0 Å². The molecule has 4 aliphatic rings. The third-order valence-electron chi connectivity index (χ3n) is 5.81. The summed E-state index contributed by atoms with van der Waals surface area (Å²) in [5.74, 6) is -22.3. The van der Waals surface area contributed by atoms with Gasteiger partial charge in [-0.1, -0.05) is 0 Å². The maximum atomic E-state index is 14.2. The van der Waals surface area contributed by atoms with E-state index in [1.54, 1.807) is 0 Å². The van der Waals surface area contributed by atoms with Gasteiger partial charge >= 0.3 is 23.9 Å². The fourth-order valence-electron chi connectivity index (χ4n) is 5.11. The highest BCUT2D eigenvalue weighted by molar-refractivity contribution is 5.10. The van der Waals surface area contributed by atoms with Gasteiger partial charge in [0, 0.05) is 5.92 Å². The molecule has 0 heterocycles. The van der Waals surface area contributed by atoms with Crippen LogP contribution in [0.3, 0.4) is 0 Å². The lowest BCUT2D eigenvalue weighted by molar-refractivity contribution is -0.410. The van der Waals surface area contributed by atoms with E-state index in [0.29, 0.717) is 0 Å². The third kappa shape index (κ3) is 2.20. The third-order valence-corrected chi connectivity index (χ3v) is 5.81. The SMILES string of the molecule is FC(F)(F)C(F)(F)C(F)(F)C(F)(F)C1C2CC3CC(C2)CC1C3. The van der Waals surface area contributed by atoms with E-state index < -0.39 is 41.7 Å². The lowest BCUT2D eigenvalue weighted by atomic mass is 9.50. The molecule has 0 aromatic carbocycles. The minimum atomic E-state index is -6.77. The average molecular weight is 354 g/mol. The van der Waals surface area contributed by atoms with Crippen molar-refractivity contribution in [2.24, 2.45) is 29.6 Å². The lowest BCUT2D eigenvalue weighted by Crippen LogP contribution is -2.66. The zero-order valence-electron chi connectivity index (χ0n) is 11.8. The molecule has 4 saturated carbocycles. The van der Waals surface area contributed by atoms with Crippen LogP contribution in [-0.2, 0) is 0 Å². The van der Waals surface area contributed by atoms with Gasteiger partial charge in [-0.15, -0.1) is 0 Å². The molecule has 0 amide bonds. The van der Waals surface area contributed by atoms with Crippen LogP contribution in [0.5, 0.6) is 0 Å². The van der Waals surface area contributed by atoms with Crippen LogP contribution in [0, 0.1) is 29.6 Å². The first-order valence-electron chi connectivity index (χ1n) is 7.49. The van der Waals surface area contributed by atoms with E-state index in [4.69, 9.17) is 0 Å². The number of hydrogen-bond acceptors (Lipinski definition) is 0. The van der Waals surface area contributed by atoms with Gasteiger partial charge in [0.15, 0.2) is 0 Å². The molecule has 9 heteroatoms. The van der Waals surface area contributed by atoms with Crippen LogP contribution in [0.4, 0.5) is 39.5 Å². The maximum absolute atomic E-state index is 14.2. The Balaban J connectivity index is 1.95. The normalized spacial score (nSPS) is 38.2. The highest BCUT2D eigenvalue weighted by atomic mass is 19.4. The smallest absolute Gasteiger partial charge is 0.199 e. The van der Waals surface area contributed by atoms with Gasteiger partial charge in [-0.25, -0.2) is 0 Å². The van der Waals surface area contributed by atoms with Crippen molar-refractivity contribution in [2.45, 2.75) is 56.0 Å². The molecule has 0 saturated heterocycles. The molecule has 0 aliphatic heterocycles. The van der Waals surface area contributed by atoms with Gasteiger partial charge in [0.1, 0.15) is 0 Å². The quantitative estimate of drug-likeness (QED) is 0.585. The Labute approximate surface area is 126 Å². The van der Waals surface area contributed by atoms with E-state index in [9.17, 15) is 39.5 Å². The molecule has 4 bridgehead atoms. The molecule has 23 heavy (non-hydrogen) atoms. The highest BCUT2D eigenvalue weighted by Gasteiger charge is 2.84. The fraction of sp³-hybridized carbons (Fsp3) is 1.00. The Kier molecular flexibility index (Phi) is 3.53. The second kappa shape index (κ2) is 4.71. The van der Waals surface area contributed by atoms with Crippen LogP contribution < -0.4 is 0 Å². The first-order chi connectivity index (χ1) is 10.3. The van der Waals surface area contributed by atoms with E-state index in [1.807, 2.05) is 0 Å². The van der Waals surface area contributed by atoms with Gasteiger partial charge in [-0.05, 0) is 55.8 Å². The van der Waals surface area contributed by atoms with Crippen molar-refractivity contribution in [3.05, 3.63) is 0 Å². The van der Waals surface area contributed by atoms with Gasteiger partial charge in [-0.3, -0.25) is 0 Å². The number of alkyl halides is 9. The van der Waals surface area contributed by atoms with Gasteiger partial charge in [-0.2, -0.15) is 39.5 Å². The molecule has 4 fully saturated rings. The standard InChI is InChI=1S/C14H15F9/c15-11(16,12(17,18)13(19,20)14(21,22)23)10-8-2-6-1-7(4-8)5-9(10)3-6/h6-10H,1-5H2. The number of halogens is 9. The van der Waals surface area contributed by atoms with Crippen molar-refractivity contribution >= 4 is 0 Å². The van der Waals surface area contributed by atoms with Crippen molar-refractivity contribution in [2.75, 3.05) is 0 Å². The second-order valence-electron chi connectivity index (χ2n) is 7.23. The molecule has 0 aromatic heterocycles. The van der Waals surface area contributed by atoms with Crippen LogP contribution >= 0.6 is 0 Å². The van der Waals surface area contributed by atoms with E-state index in [0.717, 1.165) is 6.42 Å². The fourth-order valence-corrected chi connectivity index (χ4v) is 5.11. The number of rotatable bonds is 3. The Bertz CT molecular complexity index is 451. The summed E-state index contributed by atoms with van der Waals surface area (Å²) in [6.07, 6.45) is -5.09. The Morgan fingerprint density at radius 2 is 0.913 bits per heavy atom. The van der Waals surface area contributed by atoms with E-state index in [-0.39, 0.29) is 37.5 Å². The number of hydrogen-bond donors (Lipinski definition) is 0. The predicted molar refractivity (Wildman–Crippen MR) is 61.4 cm³/mol. The van der Waals surface area contributed by atoms with Crippen molar-refractivity contribution in [3.8, 4) is 0 Å². The molecule has 134 valence electrons. The molecule has 0 atom stereocenters. The monoisotopic (exact) mass is 354 g/mol. The van der Waals surface area contributed by atoms with Crippen molar-refractivity contribution < 1.29 is 39.5 Å². The van der Waals surface area contributed by atoms with E-state index in [2.05, 4.69) is 0 Å². The zero-order chi connectivity index (χ0) is 17.4. The highest BCUT2D eigenvalue weighted by Crippen LogP contribution is 2.65. The first-order valence-corrected chi connectivity index (χ1v) is 7.49. The summed E-state index contributed by atoms with van der Waals surface area (Å²) in [7, 11) is 0. The summed E-state index contributed by atoms with van der Waals surface area (Å²) in [5, 5.41) is 0. The average Bonchev–Trinajstić information content (AvgIpc) is 2.34. The molecule has 0 radical (unpaired) electrons. The van der Waals surface area contributed by atoms with Gasteiger partial charge in [0.25, 0.3) is 0 Å². The van der Waals surface area contributed by atoms with Crippen LogP contribution in [0.25, 0.3) is 0 Å². The maximum Gasteiger partial charge on any atom is 0.460 e. The van der Waals surface area contributed by atoms with Gasteiger partial charge in [0.05, 0.1) is 0 Å². The van der Waals surface area contributed by atoms with E-state index >= 15 is 0 Å². The molecule has 0 unspecified atom stereocenters. The van der Waals surface area contributed by atoms with Crippen LogP contribution in [-0.4, -0.2) is 23.9 Å². The summed E-state index contributed by atoms with van der Waals surface area (Å²) in [5.41, 5.74) is 0. The van der Waals surface area contributed by atoms with Crippen LogP contribution in [0.1, 0.15) is 32.1 Å². The minimum absolute atomic E-state index is 0.0984. The lowest BCUT2D eigenvalue weighted by Gasteiger charge is -2.57. The molecule has 0 spiro atoms. The zero-order valence-corrected chi connectivity index (χ0v) is 11.8. The Hall–Kier alpha value is -0.630. The van der Waals surface area contributed by atoms with Crippen molar-refractivity contribution in [3.63, 3.8) is 0 Å². The molecule has 4 aliphatic carbocycles. The van der Waals surface area contributed by atoms with Crippen molar-refractivity contribution in [1.82, 2.24) is 0 Å². The first kappa shape index (κ1) is 17.2. The molecule has 0 aromatic rings. The molecule has 4 rings (SSSR count). The molecule has 0 nitrogen and oxygen atoms in total. The Morgan fingerprint density at radius 3 is 1.26 bits per heavy atom. The van der Waals surface area contributed by atoms with E-state index in [1.165, 1.54) is 0 Å². The summed E-state index contributed by atoms with van der Waals surface area (Å²) in [6, 6.07) is 0. The summed E-state index contributed by atoms with van der Waals surface area (Å²) >= 11 is 0. The Morgan fingerprint density at radius 1 is 0.522 bits per heavy atom. The van der Waals surface area contributed by atoms with Crippen molar-refractivity contribution in [1.29, 1.82) is 0 Å². The molecular formula is C14H15F9. The van der Waals surface area contributed by atoms with Gasteiger partial charge < -0.3 is 0 Å². The van der Waals surface area contributed by atoms with Crippen LogP contribution in [0.15, 0.2) is 0 Å². The summed E-state index contributed by atoms with van der Waals surface area (Å²) in [6.45, 7) is 0. The second-order valence-corrected chi connectivity index (χ2v) is 7.23. The predicted octanol–water partition coefficient (Wildman–Crippen LogP) is 5.53. The summed E-state index contributed by atoms with van der Waals surface area (Å²) < 4.78 is 119. The topological polar surface area (TPSA) is 0 Å². The minimum Gasteiger partial charge on any atom is -0.199 e.